The van der Waals surface area contributed by atoms with Gasteiger partial charge in [0.2, 0.25) is 0 Å². The van der Waals surface area contributed by atoms with Crippen molar-refractivity contribution in [3.05, 3.63) is 78.4 Å². The molecule has 0 aliphatic rings. The third kappa shape index (κ3) is 4.35. The number of likely N-dealkylation sites (N-methyl/N-ethyl adjacent to an activating group) is 1. The van der Waals surface area contributed by atoms with Crippen LogP contribution in [0.1, 0.15) is 11.1 Å². The molecule has 0 spiro atoms. The number of tetrazole rings is 1. The second kappa shape index (κ2) is 8.56. The number of carbonyl (C=O) groups is 1. The molecule has 0 N–H and O–H groups in total. The van der Waals surface area contributed by atoms with E-state index in [1.165, 1.54) is 6.33 Å². The molecule has 0 saturated heterocycles. The summed E-state index contributed by atoms with van der Waals surface area (Å²) < 4.78 is 8.98. The zero-order valence-electron chi connectivity index (χ0n) is 16.7. The van der Waals surface area contributed by atoms with Crippen molar-refractivity contribution in [3.63, 3.8) is 0 Å². The lowest BCUT2D eigenvalue weighted by Gasteiger charge is -2.16. The van der Waals surface area contributed by atoms with E-state index in [1.54, 1.807) is 35.0 Å². The number of nitrogens with zero attached hydrogens (tertiary/aromatic N) is 7. The van der Waals surface area contributed by atoms with E-state index in [0.717, 1.165) is 22.5 Å². The van der Waals surface area contributed by atoms with E-state index < -0.39 is 0 Å². The molecule has 4 rings (SSSR count). The highest BCUT2D eigenvalue weighted by Gasteiger charge is 2.12. The maximum atomic E-state index is 12.4. The number of aromatic nitrogens is 6. The number of benzene rings is 2. The van der Waals surface area contributed by atoms with Crippen LogP contribution in [0, 0.1) is 6.92 Å². The molecule has 0 unspecified atom stereocenters. The number of hydrogen-bond donors (Lipinski definition) is 0. The lowest BCUT2D eigenvalue weighted by molar-refractivity contribution is -0.132. The highest BCUT2D eigenvalue weighted by Crippen LogP contribution is 2.16. The van der Waals surface area contributed by atoms with E-state index in [1.807, 2.05) is 54.2 Å². The zero-order chi connectivity index (χ0) is 20.9. The predicted molar refractivity (Wildman–Crippen MR) is 109 cm³/mol. The maximum Gasteiger partial charge on any atom is 0.260 e. The van der Waals surface area contributed by atoms with Gasteiger partial charge in [0.1, 0.15) is 12.1 Å². The van der Waals surface area contributed by atoms with E-state index in [4.69, 9.17) is 4.74 Å². The molecule has 9 heteroatoms. The predicted octanol–water partition coefficient (Wildman–Crippen LogP) is 2.19. The number of amides is 1. The van der Waals surface area contributed by atoms with Gasteiger partial charge in [0.05, 0.1) is 17.6 Å². The molecular formula is C21H21N7O2. The Morgan fingerprint density at radius 2 is 1.90 bits per heavy atom. The first kappa shape index (κ1) is 19.3. The topological polar surface area (TPSA) is 91.0 Å². The van der Waals surface area contributed by atoms with Gasteiger partial charge in [0.25, 0.3) is 5.91 Å². The fourth-order valence-corrected chi connectivity index (χ4v) is 2.99. The first-order valence-electron chi connectivity index (χ1n) is 9.40. The molecule has 0 saturated carbocycles. The molecule has 2 aromatic heterocycles. The minimum absolute atomic E-state index is 0.0490. The largest absolute Gasteiger partial charge is 0.484 e. The lowest BCUT2D eigenvalue weighted by atomic mass is 10.2. The molecule has 0 aliphatic carbocycles. The molecular weight excluding hydrogens is 382 g/mol. The second-order valence-corrected chi connectivity index (χ2v) is 6.87. The summed E-state index contributed by atoms with van der Waals surface area (Å²) in [5.41, 5.74) is 3.91. The average Bonchev–Trinajstić information content (AvgIpc) is 3.45. The third-order valence-electron chi connectivity index (χ3n) is 4.66. The maximum absolute atomic E-state index is 12.4. The quantitative estimate of drug-likeness (QED) is 0.470. The van der Waals surface area contributed by atoms with Crippen molar-refractivity contribution in [2.45, 2.75) is 13.5 Å². The van der Waals surface area contributed by atoms with Crippen LogP contribution in [0.25, 0.3) is 11.4 Å². The van der Waals surface area contributed by atoms with Crippen LogP contribution < -0.4 is 4.74 Å². The Labute approximate surface area is 173 Å². The zero-order valence-corrected chi connectivity index (χ0v) is 16.7. The van der Waals surface area contributed by atoms with Gasteiger partial charge >= 0.3 is 0 Å². The summed E-state index contributed by atoms with van der Waals surface area (Å²) in [6, 6.07) is 15.2. The Morgan fingerprint density at radius 3 is 2.63 bits per heavy atom. The Hall–Kier alpha value is -4.01. The smallest absolute Gasteiger partial charge is 0.260 e. The molecule has 0 bridgehead atoms. The third-order valence-corrected chi connectivity index (χ3v) is 4.66. The van der Waals surface area contributed by atoms with Gasteiger partial charge in [0, 0.05) is 25.4 Å². The number of ether oxygens (including phenoxy) is 1. The summed E-state index contributed by atoms with van der Waals surface area (Å²) in [6.45, 7) is 2.44. The highest BCUT2D eigenvalue weighted by atomic mass is 16.5. The molecule has 0 atom stereocenters. The van der Waals surface area contributed by atoms with Crippen molar-refractivity contribution in [2.24, 2.45) is 0 Å². The fourth-order valence-electron chi connectivity index (χ4n) is 2.99. The van der Waals surface area contributed by atoms with Crippen molar-refractivity contribution in [1.82, 2.24) is 34.9 Å². The highest BCUT2D eigenvalue weighted by molar-refractivity contribution is 5.77. The molecule has 0 radical (unpaired) electrons. The standard InChI is InChI=1S/C21H21N7O2/c1-16-5-3-4-6-20(16)27-13-17(11-23-27)12-26(2)21(29)14-30-19-9-7-18(8-10-19)28-15-22-24-25-28/h3-11,13,15H,12,14H2,1-2H3. The number of aryl methyl sites for hydroxylation is 1. The van der Waals surface area contributed by atoms with E-state index in [0.29, 0.717) is 12.3 Å². The first-order chi connectivity index (χ1) is 14.6. The van der Waals surface area contributed by atoms with Gasteiger partial charge in [-0.25, -0.2) is 9.36 Å². The molecule has 2 heterocycles. The molecule has 0 fully saturated rings. The number of carbonyl (C=O) groups excluding carboxylic acids is 1. The molecule has 1 amide bonds. The molecule has 4 aromatic rings. The SMILES string of the molecule is Cc1ccccc1-n1cc(CN(C)C(=O)COc2ccc(-n3cnnn3)cc2)cn1. The number of rotatable bonds is 7. The number of hydrogen-bond acceptors (Lipinski definition) is 6. The van der Waals surface area contributed by atoms with Crippen molar-refractivity contribution < 1.29 is 9.53 Å². The van der Waals surface area contributed by atoms with Crippen LogP contribution in [0.3, 0.4) is 0 Å². The van der Waals surface area contributed by atoms with Crippen LogP contribution in [0.4, 0.5) is 0 Å². The lowest BCUT2D eigenvalue weighted by Crippen LogP contribution is -2.30. The molecule has 9 nitrogen and oxygen atoms in total. The van der Waals surface area contributed by atoms with E-state index in [2.05, 4.69) is 20.6 Å². The Kier molecular flexibility index (Phi) is 5.51. The normalized spacial score (nSPS) is 10.7. The summed E-state index contributed by atoms with van der Waals surface area (Å²) in [5.74, 6) is 0.476. The van der Waals surface area contributed by atoms with Gasteiger partial charge in [-0.3, -0.25) is 4.79 Å². The average molecular weight is 403 g/mol. The summed E-state index contributed by atoms with van der Waals surface area (Å²) >= 11 is 0. The minimum atomic E-state index is -0.122. The van der Waals surface area contributed by atoms with Crippen molar-refractivity contribution >= 4 is 5.91 Å². The van der Waals surface area contributed by atoms with Crippen molar-refractivity contribution in [1.29, 1.82) is 0 Å². The molecule has 30 heavy (non-hydrogen) atoms. The fraction of sp³-hybridized carbons (Fsp3) is 0.190. The summed E-state index contributed by atoms with van der Waals surface area (Å²) in [6.07, 6.45) is 5.22. The monoisotopic (exact) mass is 403 g/mol. The van der Waals surface area contributed by atoms with E-state index in [-0.39, 0.29) is 12.5 Å². The second-order valence-electron chi connectivity index (χ2n) is 6.87. The van der Waals surface area contributed by atoms with Gasteiger partial charge in [-0.15, -0.1) is 5.10 Å². The van der Waals surface area contributed by atoms with E-state index in [9.17, 15) is 4.79 Å². The number of para-hydroxylation sites is 1. The van der Waals surface area contributed by atoms with Crippen LogP contribution in [0.15, 0.2) is 67.3 Å². The Bertz CT molecular complexity index is 1120. The van der Waals surface area contributed by atoms with Gasteiger partial charge in [-0.1, -0.05) is 18.2 Å². The first-order valence-corrected chi connectivity index (χ1v) is 9.40. The summed E-state index contributed by atoms with van der Waals surface area (Å²) in [7, 11) is 1.75. The van der Waals surface area contributed by atoms with Crippen LogP contribution in [0.2, 0.25) is 0 Å². The van der Waals surface area contributed by atoms with Crippen molar-refractivity contribution in [3.8, 4) is 17.1 Å². The Balaban J connectivity index is 1.32. The van der Waals surface area contributed by atoms with Crippen molar-refractivity contribution in [2.75, 3.05) is 13.7 Å². The molecule has 2 aromatic carbocycles. The minimum Gasteiger partial charge on any atom is -0.484 e. The van der Waals surface area contributed by atoms with Crippen LogP contribution >= 0.6 is 0 Å². The van der Waals surface area contributed by atoms with Gasteiger partial charge < -0.3 is 9.64 Å². The Morgan fingerprint density at radius 1 is 1.10 bits per heavy atom. The van der Waals surface area contributed by atoms with Crippen LogP contribution in [-0.4, -0.2) is 54.4 Å². The van der Waals surface area contributed by atoms with Gasteiger partial charge in [-0.05, 0) is 53.2 Å². The van der Waals surface area contributed by atoms with Crippen LogP contribution in [0.5, 0.6) is 5.75 Å². The summed E-state index contributed by atoms with van der Waals surface area (Å²) in [5, 5.41) is 15.4. The molecule has 0 aliphatic heterocycles. The van der Waals surface area contributed by atoms with Crippen LogP contribution in [-0.2, 0) is 11.3 Å². The molecule has 152 valence electrons. The summed E-state index contributed by atoms with van der Waals surface area (Å²) in [4.78, 5) is 14.1. The van der Waals surface area contributed by atoms with Gasteiger partial charge in [-0.2, -0.15) is 5.10 Å². The van der Waals surface area contributed by atoms with E-state index >= 15 is 0 Å². The van der Waals surface area contributed by atoms with Gasteiger partial charge in [0.15, 0.2) is 6.61 Å².